The molecule has 0 fully saturated rings. The van der Waals surface area contributed by atoms with Crippen LogP contribution in [0.25, 0.3) is 0 Å². The predicted molar refractivity (Wildman–Crippen MR) is 74.9 cm³/mol. The quantitative estimate of drug-likeness (QED) is 0.658. The Morgan fingerprint density at radius 2 is 1.65 bits per heavy atom. The lowest BCUT2D eigenvalue weighted by molar-refractivity contribution is 0.0696. The molecule has 0 radical (unpaired) electrons. The SMILES string of the molecule is O=C(N/N=C/c1ccccc1C(=O)O)c1ccccc1. The van der Waals surface area contributed by atoms with Crippen LogP contribution in [0.4, 0.5) is 0 Å². The molecule has 0 aliphatic carbocycles. The number of nitrogens with one attached hydrogen (secondary N) is 1. The normalized spacial score (nSPS) is 10.4. The number of hydrogen-bond donors (Lipinski definition) is 2. The molecular weight excluding hydrogens is 256 g/mol. The number of hydrogen-bond acceptors (Lipinski definition) is 3. The Hall–Kier alpha value is -2.95. The van der Waals surface area contributed by atoms with Gasteiger partial charge < -0.3 is 5.11 Å². The summed E-state index contributed by atoms with van der Waals surface area (Å²) in [5, 5.41) is 12.8. The highest BCUT2D eigenvalue weighted by Gasteiger charge is 2.07. The lowest BCUT2D eigenvalue weighted by atomic mass is 10.1. The van der Waals surface area contributed by atoms with E-state index in [9.17, 15) is 9.59 Å². The molecule has 0 bridgehead atoms. The van der Waals surface area contributed by atoms with Crippen molar-refractivity contribution in [1.29, 1.82) is 0 Å². The molecule has 0 aliphatic heterocycles. The van der Waals surface area contributed by atoms with E-state index in [1.165, 1.54) is 12.3 Å². The van der Waals surface area contributed by atoms with Gasteiger partial charge in [0.2, 0.25) is 0 Å². The van der Waals surface area contributed by atoms with E-state index >= 15 is 0 Å². The number of carboxylic acid groups (broad SMARTS) is 1. The average Bonchev–Trinajstić information content (AvgIpc) is 2.48. The smallest absolute Gasteiger partial charge is 0.336 e. The zero-order valence-corrected chi connectivity index (χ0v) is 10.5. The standard InChI is InChI=1S/C15H12N2O3/c18-14(11-6-2-1-3-7-11)17-16-10-12-8-4-5-9-13(12)15(19)20/h1-10H,(H,17,18)(H,19,20)/b16-10+. The van der Waals surface area contributed by atoms with Gasteiger partial charge in [0.1, 0.15) is 0 Å². The Morgan fingerprint density at radius 3 is 2.35 bits per heavy atom. The molecule has 0 aliphatic rings. The summed E-state index contributed by atoms with van der Waals surface area (Å²) in [6.07, 6.45) is 1.31. The van der Waals surface area contributed by atoms with Crippen LogP contribution in [-0.4, -0.2) is 23.2 Å². The van der Waals surface area contributed by atoms with Gasteiger partial charge in [0.25, 0.3) is 5.91 Å². The van der Waals surface area contributed by atoms with E-state index in [-0.39, 0.29) is 11.5 Å². The van der Waals surface area contributed by atoms with Crippen LogP contribution in [0.3, 0.4) is 0 Å². The van der Waals surface area contributed by atoms with Crippen molar-refractivity contribution in [2.24, 2.45) is 5.10 Å². The van der Waals surface area contributed by atoms with Crippen LogP contribution in [0.15, 0.2) is 59.7 Å². The van der Waals surface area contributed by atoms with Crippen molar-refractivity contribution >= 4 is 18.1 Å². The molecule has 2 rings (SSSR count). The highest BCUT2D eigenvalue weighted by atomic mass is 16.4. The first-order chi connectivity index (χ1) is 9.68. The fourth-order valence-corrected chi connectivity index (χ4v) is 1.62. The van der Waals surface area contributed by atoms with Crippen LogP contribution in [0.1, 0.15) is 26.3 Å². The van der Waals surface area contributed by atoms with Gasteiger partial charge in [0, 0.05) is 11.1 Å². The van der Waals surface area contributed by atoms with Crippen molar-refractivity contribution in [3.8, 4) is 0 Å². The molecule has 0 saturated carbocycles. The second-order valence-electron chi connectivity index (χ2n) is 3.96. The molecule has 2 aromatic rings. The second-order valence-corrected chi connectivity index (χ2v) is 3.96. The lowest BCUT2D eigenvalue weighted by Gasteiger charge is -2.01. The molecule has 1 amide bonds. The Kier molecular flexibility index (Phi) is 4.24. The molecule has 0 saturated heterocycles. The fourth-order valence-electron chi connectivity index (χ4n) is 1.62. The summed E-state index contributed by atoms with van der Waals surface area (Å²) >= 11 is 0. The molecule has 0 unspecified atom stereocenters. The maximum atomic E-state index is 11.7. The molecule has 100 valence electrons. The summed E-state index contributed by atoms with van der Waals surface area (Å²) in [6.45, 7) is 0. The minimum atomic E-state index is -1.04. The zero-order valence-electron chi connectivity index (χ0n) is 10.5. The Bertz CT molecular complexity index is 651. The van der Waals surface area contributed by atoms with Gasteiger partial charge in [-0.2, -0.15) is 5.10 Å². The van der Waals surface area contributed by atoms with E-state index in [0.717, 1.165) is 0 Å². The van der Waals surface area contributed by atoms with Gasteiger partial charge >= 0.3 is 5.97 Å². The van der Waals surface area contributed by atoms with Crippen molar-refractivity contribution in [3.63, 3.8) is 0 Å². The molecule has 20 heavy (non-hydrogen) atoms. The molecule has 0 aromatic heterocycles. The first-order valence-electron chi connectivity index (χ1n) is 5.89. The van der Waals surface area contributed by atoms with E-state index in [1.54, 1.807) is 42.5 Å². The molecule has 2 N–H and O–H groups in total. The molecule has 0 heterocycles. The van der Waals surface area contributed by atoms with Gasteiger partial charge in [0.05, 0.1) is 11.8 Å². The number of aromatic carboxylic acids is 1. The van der Waals surface area contributed by atoms with E-state index in [0.29, 0.717) is 11.1 Å². The van der Waals surface area contributed by atoms with Crippen LogP contribution >= 0.6 is 0 Å². The van der Waals surface area contributed by atoms with Gasteiger partial charge in [-0.1, -0.05) is 36.4 Å². The maximum absolute atomic E-state index is 11.7. The Morgan fingerprint density at radius 1 is 1.00 bits per heavy atom. The highest BCUT2D eigenvalue weighted by molar-refractivity contribution is 5.99. The third-order valence-corrected chi connectivity index (χ3v) is 2.60. The number of carbonyl (C=O) groups excluding carboxylic acids is 1. The van der Waals surface area contributed by atoms with Crippen molar-refractivity contribution in [2.45, 2.75) is 0 Å². The topological polar surface area (TPSA) is 78.8 Å². The van der Waals surface area contributed by atoms with Crippen LogP contribution in [-0.2, 0) is 0 Å². The summed E-state index contributed by atoms with van der Waals surface area (Å²) in [5.41, 5.74) is 3.39. The number of carboxylic acids is 1. The molecule has 5 heteroatoms. The van der Waals surface area contributed by atoms with E-state index in [2.05, 4.69) is 10.5 Å². The average molecular weight is 268 g/mol. The first kappa shape index (κ1) is 13.5. The van der Waals surface area contributed by atoms with Crippen molar-refractivity contribution in [3.05, 3.63) is 71.3 Å². The Labute approximate surface area is 115 Å². The van der Waals surface area contributed by atoms with Crippen LogP contribution in [0, 0.1) is 0 Å². The first-order valence-corrected chi connectivity index (χ1v) is 5.89. The van der Waals surface area contributed by atoms with Crippen molar-refractivity contribution in [1.82, 2.24) is 5.43 Å². The van der Waals surface area contributed by atoms with E-state index < -0.39 is 5.97 Å². The molecule has 2 aromatic carbocycles. The molecule has 0 atom stereocenters. The van der Waals surface area contributed by atoms with Gasteiger partial charge in [-0.25, -0.2) is 10.2 Å². The summed E-state index contributed by atoms with van der Waals surface area (Å²) in [5.74, 6) is -1.39. The monoisotopic (exact) mass is 268 g/mol. The number of rotatable bonds is 4. The minimum absolute atomic E-state index is 0.130. The number of carbonyl (C=O) groups is 2. The summed E-state index contributed by atoms with van der Waals surface area (Å²) in [6, 6.07) is 15.0. The third-order valence-electron chi connectivity index (χ3n) is 2.60. The zero-order chi connectivity index (χ0) is 14.4. The van der Waals surface area contributed by atoms with Crippen LogP contribution < -0.4 is 5.43 Å². The van der Waals surface area contributed by atoms with Gasteiger partial charge in [0.15, 0.2) is 0 Å². The highest BCUT2D eigenvalue weighted by Crippen LogP contribution is 2.05. The maximum Gasteiger partial charge on any atom is 0.336 e. The minimum Gasteiger partial charge on any atom is -0.478 e. The van der Waals surface area contributed by atoms with Crippen LogP contribution in [0.5, 0.6) is 0 Å². The predicted octanol–water partition coefficient (Wildman–Crippen LogP) is 2.15. The number of amides is 1. The van der Waals surface area contributed by atoms with Crippen LogP contribution in [0.2, 0.25) is 0 Å². The van der Waals surface area contributed by atoms with E-state index in [1.807, 2.05) is 6.07 Å². The van der Waals surface area contributed by atoms with Gasteiger partial charge in [-0.15, -0.1) is 0 Å². The third kappa shape index (κ3) is 3.29. The van der Waals surface area contributed by atoms with Crippen molar-refractivity contribution in [2.75, 3.05) is 0 Å². The summed E-state index contributed by atoms with van der Waals surface area (Å²) < 4.78 is 0. The molecule has 0 spiro atoms. The summed E-state index contributed by atoms with van der Waals surface area (Å²) in [7, 11) is 0. The lowest BCUT2D eigenvalue weighted by Crippen LogP contribution is -2.17. The number of nitrogens with zero attached hydrogens (tertiary/aromatic N) is 1. The van der Waals surface area contributed by atoms with E-state index in [4.69, 9.17) is 5.11 Å². The fraction of sp³-hybridized carbons (Fsp3) is 0. The van der Waals surface area contributed by atoms with Crippen molar-refractivity contribution < 1.29 is 14.7 Å². The number of benzene rings is 2. The largest absolute Gasteiger partial charge is 0.478 e. The van der Waals surface area contributed by atoms with Gasteiger partial charge in [-0.05, 0) is 18.2 Å². The van der Waals surface area contributed by atoms with Gasteiger partial charge in [-0.3, -0.25) is 4.79 Å². The second kappa shape index (κ2) is 6.29. The number of hydrazone groups is 1. The Balaban J connectivity index is 2.08. The molecule has 5 nitrogen and oxygen atoms in total. The summed E-state index contributed by atoms with van der Waals surface area (Å²) in [4.78, 5) is 22.7. The molecular formula is C15H12N2O3.